The largest absolute Gasteiger partial charge is 0.477 e. The molecular formula is C52H58N8O9. The summed E-state index contributed by atoms with van der Waals surface area (Å²) in [6.45, 7) is 1.42. The second-order valence-electron chi connectivity index (χ2n) is 17.4. The number of aromatic amines is 1. The van der Waals surface area contributed by atoms with E-state index >= 15 is 0 Å². The third-order valence-electron chi connectivity index (χ3n) is 12.4. The molecule has 3 atom stereocenters. The molecule has 0 unspecified atom stereocenters. The zero-order chi connectivity index (χ0) is 48.8. The van der Waals surface area contributed by atoms with Crippen LogP contribution in [0, 0.1) is 5.41 Å². The smallest absolute Gasteiger partial charge is 0.352 e. The summed E-state index contributed by atoms with van der Waals surface area (Å²) in [5.74, 6) is -3.92. The van der Waals surface area contributed by atoms with Gasteiger partial charge in [-0.3, -0.25) is 28.8 Å². The number of hydrogen-bond acceptors (Lipinski definition) is 9. The number of hydrogen-bond donors (Lipinski definition) is 8. The first-order valence-electron chi connectivity index (χ1n) is 23.1. The number of rotatable bonds is 12. The summed E-state index contributed by atoms with van der Waals surface area (Å²) in [5.41, 5.74) is 9.71. The van der Waals surface area contributed by atoms with Crippen LogP contribution in [0.4, 0.5) is 0 Å². The number of carbonyl (C=O) groups is 7. The second-order valence-corrected chi connectivity index (χ2v) is 17.4. The molecule has 17 nitrogen and oxygen atoms in total. The highest BCUT2D eigenvalue weighted by Gasteiger charge is 2.44. The van der Waals surface area contributed by atoms with Crippen molar-refractivity contribution < 1.29 is 43.4 Å². The number of nitrogens with two attached hydrogens (primary N) is 1. The Balaban J connectivity index is 1.18. The second kappa shape index (κ2) is 23.4. The van der Waals surface area contributed by atoms with Crippen molar-refractivity contribution in [3.05, 3.63) is 143 Å². The van der Waals surface area contributed by atoms with Crippen molar-refractivity contribution in [3.63, 3.8) is 0 Å². The zero-order valence-electron chi connectivity index (χ0n) is 38.3. The number of carboxylic acids is 1. The van der Waals surface area contributed by atoms with Crippen LogP contribution in [0.2, 0.25) is 0 Å². The van der Waals surface area contributed by atoms with Crippen molar-refractivity contribution in [2.24, 2.45) is 11.1 Å². The number of aromatic nitrogens is 1. The monoisotopic (exact) mass is 938 g/mol. The molecule has 0 aliphatic carbocycles. The van der Waals surface area contributed by atoms with Crippen molar-refractivity contribution in [1.29, 1.82) is 0 Å². The van der Waals surface area contributed by atoms with Gasteiger partial charge in [-0.2, -0.15) is 0 Å². The highest BCUT2D eigenvalue weighted by atomic mass is 16.5. The summed E-state index contributed by atoms with van der Waals surface area (Å²) in [4.78, 5) is 99.2. The Bertz CT molecular complexity index is 2690. The van der Waals surface area contributed by atoms with Crippen LogP contribution in [-0.4, -0.2) is 114 Å². The van der Waals surface area contributed by atoms with Crippen LogP contribution in [0.25, 0.3) is 22.0 Å². The number of carbonyl (C=O) groups excluding carboxylic acids is 6. The van der Waals surface area contributed by atoms with Crippen LogP contribution < -0.4 is 32.3 Å². The first kappa shape index (κ1) is 49.3. The lowest BCUT2D eigenvalue weighted by atomic mass is 9.74. The maximum atomic E-state index is 15.0. The molecule has 3 heterocycles. The van der Waals surface area contributed by atoms with Gasteiger partial charge in [-0.25, -0.2) is 4.79 Å². The normalized spacial score (nSPS) is 20.2. The van der Waals surface area contributed by atoms with Crippen molar-refractivity contribution in [2.45, 2.75) is 57.2 Å². The van der Waals surface area contributed by atoms with Gasteiger partial charge in [0.2, 0.25) is 35.4 Å². The van der Waals surface area contributed by atoms with Gasteiger partial charge in [0.15, 0.2) is 0 Å². The van der Waals surface area contributed by atoms with Crippen molar-refractivity contribution in [2.75, 3.05) is 45.9 Å². The maximum absolute atomic E-state index is 15.0. The molecule has 4 aromatic carbocycles. The van der Waals surface area contributed by atoms with Gasteiger partial charge in [-0.15, -0.1) is 0 Å². The molecule has 0 spiro atoms. The topological polar surface area (TPSA) is 254 Å². The number of fused-ring (bicyclic) bond motifs is 4. The Morgan fingerprint density at radius 2 is 1.58 bits per heavy atom. The molecule has 2 bridgehead atoms. The molecule has 6 amide bonds. The molecule has 9 N–H and O–H groups in total. The van der Waals surface area contributed by atoms with E-state index in [1.165, 1.54) is 0 Å². The number of H-pyrrole nitrogens is 1. The predicted octanol–water partition coefficient (Wildman–Crippen LogP) is 2.92. The molecule has 1 saturated heterocycles. The van der Waals surface area contributed by atoms with E-state index in [1.54, 1.807) is 35.2 Å². The lowest BCUT2D eigenvalue weighted by Crippen LogP contribution is -2.58. The molecule has 7 rings (SSSR count). The minimum Gasteiger partial charge on any atom is -0.477 e. The minimum atomic E-state index is -1.14. The predicted molar refractivity (Wildman–Crippen MR) is 258 cm³/mol. The highest BCUT2D eigenvalue weighted by molar-refractivity contribution is 5.98. The summed E-state index contributed by atoms with van der Waals surface area (Å²) in [7, 11) is 0. The first-order chi connectivity index (χ1) is 33.4. The number of nitrogens with one attached hydrogen (secondary N) is 6. The molecule has 0 radical (unpaired) electrons. The fourth-order valence-corrected chi connectivity index (χ4v) is 8.83. The third-order valence-corrected chi connectivity index (χ3v) is 12.4. The van der Waals surface area contributed by atoms with Crippen molar-refractivity contribution in [1.82, 2.24) is 36.5 Å². The molecule has 1 aromatic heterocycles. The van der Waals surface area contributed by atoms with E-state index in [4.69, 9.17) is 10.5 Å². The van der Waals surface area contributed by atoms with Gasteiger partial charge in [-0.05, 0) is 77.3 Å². The molecule has 2 aliphatic heterocycles. The van der Waals surface area contributed by atoms with Crippen LogP contribution in [0.5, 0.6) is 0 Å². The Morgan fingerprint density at radius 1 is 0.826 bits per heavy atom. The van der Waals surface area contributed by atoms with E-state index in [9.17, 15) is 38.7 Å². The summed E-state index contributed by atoms with van der Waals surface area (Å²) in [6.07, 6.45) is 3.48. The van der Waals surface area contributed by atoms with E-state index in [1.807, 2.05) is 72.8 Å². The first-order valence-corrected chi connectivity index (χ1v) is 23.1. The van der Waals surface area contributed by atoms with Gasteiger partial charge in [0.05, 0.1) is 25.0 Å². The lowest BCUT2D eigenvalue weighted by Gasteiger charge is -2.42. The molecule has 0 saturated carbocycles. The van der Waals surface area contributed by atoms with Gasteiger partial charge in [-0.1, -0.05) is 84.9 Å². The van der Waals surface area contributed by atoms with E-state index in [-0.39, 0.29) is 64.2 Å². The molecular weight excluding hydrogens is 881 g/mol. The fraction of sp³-hybridized carbons (Fsp3) is 0.327. The Hall–Kier alpha value is -7.63. The number of nitrogens with zero attached hydrogens (tertiary/aromatic N) is 1. The van der Waals surface area contributed by atoms with Gasteiger partial charge in [0.25, 0.3) is 0 Å². The van der Waals surface area contributed by atoms with Crippen molar-refractivity contribution >= 4 is 52.3 Å². The number of benzene rings is 4. The molecule has 69 heavy (non-hydrogen) atoms. The summed E-state index contributed by atoms with van der Waals surface area (Å²) in [6, 6.07) is 29.2. The summed E-state index contributed by atoms with van der Waals surface area (Å²) < 4.78 is 5.37. The Morgan fingerprint density at radius 3 is 2.35 bits per heavy atom. The molecule has 17 heteroatoms. The Kier molecular flexibility index (Phi) is 16.7. The van der Waals surface area contributed by atoms with E-state index in [0.717, 1.165) is 39.8 Å². The van der Waals surface area contributed by atoms with E-state index in [2.05, 4.69) is 31.6 Å². The molecule has 2 aliphatic rings. The number of amides is 6. The van der Waals surface area contributed by atoms with Crippen LogP contribution in [0.1, 0.15) is 52.0 Å². The molecule has 360 valence electrons. The minimum absolute atomic E-state index is 0.00135. The van der Waals surface area contributed by atoms with Crippen LogP contribution in [-0.2, 0) is 59.3 Å². The number of aromatic carboxylic acids is 1. The highest BCUT2D eigenvalue weighted by Crippen LogP contribution is 2.35. The van der Waals surface area contributed by atoms with Gasteiger partial charge in [0.1, 0.15) is 17.8 Å². The molecule has 5 aromatic rings. The van der Waals surface area contributed by atoms with Gasteiger partial charge < -0.3 is 52.0 Å². The number of piperidine rings is 1. The SMILES string of the molecule is NCCOCCNC(=O)[C@@H]1CCNC(=O)/C=C/C(=O)N2CCC[C@](Cc3ccccc3)(C2)C(=O)N[C@@H](Cc2ccc(-c3ccc4[nH]c(C(=O)O)cc4c3)cc2)C(=O)NCc2ccccc2CC(=O)N1. The number of ether oxygens (including phenoxy) is 1. The standard InChI is InChI=1S/C52H58N8O9/c53-21-25-69-26-23-55-48(64)42-19-22-54-45(61)17-18-47(63)60-24-6-20-52(33-60,31-35-7-2-1-3-8-35)51(68)59-43(49(65)56-32-39-10-5-4-9-37(39)30-46(62)58-42)27-34-11-13-36(14-12-34)38-15-16-41-40(28-38)29-44(57-41)50(66)67/h1-5,7-18,28-29,42-43,57H,6,19-27,30-33,53H2,(H,54,61)(H,55,64)(H,56,65)(H,58,62)(H,59,68)(H,66,67)/b18-17+/t42-,43-,52-/m0/s1. The fourth-order valence-electron chi connectivity index (χ4n) is 8.83. The average Bonchev–Trinajstić information content (AvgIpc) is 3.79. The third kappa shape index (κ3) is 13.3. The van der Waals surface area contributed by atoms with Crippen LogP contribution in [0.3, 0.4) is 0 Å². The summed E-state index contributed by atoms with van der Waals surface area (Å²) in [5, 5.41) is 24.6. The lowest BCUT2D eigenvalue weighted by molar-refractivity contribution is -0.141. The van der Waals surface area contributed by atoms with Gasteiger partial charge in [0, 0.05) is 68.7 Å². The van der Waals surface area contributed by atoms with Gasteiger partial charge >= 0.3 is 5.97 Å². The molecule has 1 fully saturated rings. The Labute approximate surface area is 399 Å². The number of carboxylic acid groups (broad SMARTS) is 1. The van der Waals surface area contributed by atoms with E-state index in [0.29, 0.717) is 49.2 Å². The van der Waals surface area contributed by atoms with Crippen LogP contribution >= 0.6 is 0 Å². The zero-order valence-corrected chi connectivity index (χ0v) is 38.3. The summed E-state index contributed by atoms with van der Waals surface area (Å²) >= 11 is 0. The quantitative estimate of drug-likeness (QED) is 0.0850. The van der Waals surface area contributed by atoms with Crippen molar-refractivity contribution in [3.8, 4) is 11.1 Å². The van der Waals surface area contributed by atoms with E-state index < -0.39 is 58.9 Å². The maximum Gasteiger partial charge on any atom is 0.352 e. The van der Waals surface area contributed by atoms with Crippen LogP contribution in [0.15, 0.2) is 115 Å². The average molecular weight is 939 g/mol.